The van der Waals surface area contributed by atoms with Gasteiger partial charge in [0.15, 0.2) is 0 Å². The van der Waals surface area contributed by atoms with Crippen LogP contribution in [0.1, 0.15) is 30.5 Å². The third kappa shape index (κ3) is 5.17. The number of hydrogen-bond donors (Lipinski definition) is 1. The molecule has 2 aromatic rings. The van der Waals surface area contributed by atoms with Crippen LogP contribution in [0.2, 0.25) is 0 Å². The predicted octanol–water partition coefficient (Wildman–Crippen LogP) is 2.91. The SMILES string of the molecule is CC(C)c1nc(CC(=O)N(C)CC(=O)Nc2ccccc2)cs1. The zero-order chi connectivity index (χ0) is 16.8. The standard InChI is InChI=1S/C17H21N3O2S/c1-12(2)17-19-14(11-23-17)9-16(22)20(3)10-15(21)18-13-7-5-4-6-8-13/h4-8,11-12H,9-10H2,1-3H3,(H,18,21). The fourth-order valence-electron chi connectivity index (χ4n) is 1.98. The summed E-state index contributed by atoms with van der Waals surface area (Å²) in [6.45, 7) is 4.17. The minimum absolute atomic E-state index is 0.0227. The second kappa shape index (κ2) is 7.87. The number of anilines is 1. The summed E-state index contributed by atoms with van der Waals surface area (Å²) >= 11 is 1.57. The molecule has 0 saturated heterocycles. The van der Waals surface area contributed by atoms with E-state index in [0.29, 0.717) is 5.92 Å². The number of nitrogens with one attached hydrogen (secondary N) is 1. The Balaban J connectivity index is 1.85. The van der Waals surface area contributed by atoms with Crippen LogP contribution in [0.3, 0.4) is 0 Å². The summed E-state index contributed by atoms with van der Waals surface area (Å²) in [4.78, 5) is 30.0. The highest BCUT2D eigenvalue weighted by Gasteiger charge is 2.15. The zero-order valence-corrected chi connectivity index (χ0v) is 14.4. The van der Waals surface area contributed by atoms with Crippen LogP contribution in [0.4, 0.5) is 5.69 Å². The van der Waals surface area contributed by atoms with Crippen molar-refractivity contribution in [1.29, 1.82) is 0 Å². The van der Waals surface area contributed by atoms with Gasteiger partial charge in [-0.05, 0) is 12.1 Å². The van der Waals surface area contributed by atoms with Crippen molar-refractivity contribution >= 4 is 28.8 Å². The van der Waals surface area contributed by atoms with Crippen LogP contribution in [-0.4, -0.2) is 35.3 Å². The minimum Gasteiger partial charge on any atom is -0.336 e. The molecule has 0 aliphatic rings. The molecule has 0 radical (unpaired) electrons. The van der Waals surface area contributed by atoms with Gasteiger partial charge in [-0.3, -0.25) is 9.59 Å². The fraction of sp³-hybridized carbons (Fsp3) is 0.353. The van der Waals surface area contributed by atoms with Gasteiger partial charge in [0.25, 0.3) is 0 Å². The number of carbonyl (C=O) groups is 2. The van der Waals surface area contributed by atoms with Crippen molar-refractivity contribution in [2.75, 3.05) is 18.9 Å². The Morgan fingerprint density at radius 3 is 2.57 bits per heavy atom. The smallest absolute Gasteiger partial charge is 0.243 e. The average molecular weight is 331 g/mol. The molecule has 1 aromatic heterocycles. The van der Waals surface area contributed by atoms with E-state index in [-0.39, 0.29) is 24.8 Å². The van der Waals surface area contributed by atoms with E-state index in [9.17, 15) is 9.59 Å². The van der Waals surface area contributed by atoms with Gasteiger partial charge in [0.2, 0.25) is 11.8 Å². The summed E-state index contributed by atoms with van der Waals surface area (Å²) in [7, 11) is 1.63. The van der Waals surface area contributed by atoms with Crippen LogP contribution < -0.4 is 5.32 Å². The molecule has 0 aliphatic heterocycles. The molecular formula is C17H21N3O2S. The molecule has 0 aliphatic carbocycles. The van der Waals surface area contributed by atoms with E-state index in [0.717, 1.165) is 16.4 Å². The van der Waals surface area contributed by atoms with Crippen molar-refractivity contribution in [3.63, 3.8) is 0 Å². The topological polar surface area (TPSA) is 62.3 Å². The lowest BCUT2D eigenvalue weighted by Crippen LogP contribution is -2.35. The van der Waals surface area contributed by atoms with Gasteiger partial charge in [0, 0.05) is 24.0 Å². The Kier molecular flexibility index (Phi) is 5.87. The summed E-state index contributed by atoms with van der Waals surface area (Å²) in [5.74, 6) is 0.0280. The number of para-hydroxylation sites is 1. The molecule has 6 heteroatoms. The molecule has 122 valence electrons. The number of benzene rings is 1. The quantitative estimate of drug-likeness (QED) is 0.885. The van der Waals surface area contributed by atoms with E-state index in [4.69, 9.17) is 0 Å². The Hall–Kier alpha value is -2.21. The van der Waals surface area contributed by atoms with Crippen LogP contribution in [0, 0.1) is 0 Å². The molecule has 2 amide bonds. The van der Waals surface area contributed by atoms with Gasteiger partial charge >= 0.3 is 0 Å². The van der Waals surface area contributed by atoms with Crippen LogP contribution in [-0.2, 0) is 16.0 Å². The molecule has 1 aromatic carbocycles. The number of likely N-dealkylation sites (N-methyl/N-ethyl adjacent to an activating group) is 1. The number of amides is 2. The molecule has 0 spiro atoms. The Morgan fingerprint density at radius 2 is 1.96 bits per heavy atom. The summed E-state index contributed by atoms with van der Waals surface area (Å²) in [6, 6.07) is 9.19. The molecule has 0 fully saturated rings. The molecule has 0 unspecified atom stereocenters. The monoisotopic (exact) mass is 331 g/mol. The third-order valence-corrected chi connectivity index (χ3v) is 4.45. The van der Waals surface area contributed by atoms with Gasteiger partial charge in [0.1, 0.15) is 0 Å². The molecular weight excluding hydrogens is 310 g/mol. The van der Waals surface area contributed by atoms with Gasteiger partial charge in [-0.2, -0.15) is 0 Å². The van der Waals surface area contributed by atoms with E-state index >= 15 is 0 Å². The van der Waals surface area contributed by atoms with Crippen molar-refractivity contribution in [3.8, 4) is 0 Å². The molecule has 23 heavy (non-hydrogen) atoms. The number of carbonyl (C=O) groups excluding carboxylic acids is 2. The Morgan fingerprint density at radius 1 is 1.26 bits per heavy atom. The maximum atomic E-state index is 12.2. The number of aromatic nitrogens is 1. The number of nitrogens with zero attached hydrogens (tertiary/aromatic N) is 2. The molecule has 5 nitrogen and oxygen atoms in total. The van der Waals surface area contributed by atoms with Gasteiger partial charge in [-0.15, -0.1) is 11.3 Å². The Bertz CT molecular complexity index is 667. The molecule has 1 N–H and O–H groups in total. The van der Waals surface area contributed by atoms with Crippen LogP contribution in [0.5, 0.6) is 0 Å². The maximum Gasteiger partial charge on any atom is 0.243 e. The normalized spacial score (nSPS) is 10.6. The number of rotatable bonds is 6. The molecule has 2 rings (SSSR count). The van der Waals surface area contributed by atoms with Crippen LogP contribution in [0.25, 0.3) is 0 Å². The summed E-state index contributed by atoms with van der Waals surface area (Å²) in [5.41, 5.74) is 1.48. The first-order chi connectivity index (χ1) is 11.0. The van der Waals surface area contributed by atoms with Crippen LogP contribution >= 0.6 is 11.3 Å². The summed E-state index contributed by atoms with van der Waals surface area (Å²) in [5, 5.41) is 5.70. The first kappa shape index (κ1) is 17.1. The number of thiazole rings is 1. The van der Waals surface area contributed by atoms with Gasteiger partial charge in [-0.25, -0.2) is 4.98 Å². The Labute approximate surface area is 140 Å². The summed E-state index contributed by atoms with van der Waals surface area (Å²) in [6.07, 6.45) is 0.221. The molecule has 1 heterocycles. The van der Waals surface area contributed by atoms with E-state index in [1.807, 2.05) is 35.7 Å². The van der Waals surface area contributed by atoms with E-state index in [2.05, 4.69) is 24.1 Å². The minimum atomic E-state index is -0.215. The molecule has 0 bridgehead atoms. The van der Waals surface area contributed by atoms with Crippen molar-refractivity contribution in [2.24, 2.45) is 0 Å². The average Bonchev–Trinajstić information content (AvgIpc) is 2.96. The van der Waals surface area contributed by atoms with Crippen molar-refractivity contribution in [1.82, 2.24) is 9.88 Å². The predicted molar refractivity (Wildman–Crippen MR) is 92.6 cm³/mol. The maximum absolute atomic E-state index is 12.2. The lowest BCUT2D eigenvalue weighted by molar-refractivity contribution is -0.132. The number of hydrogen-bond acceptors (Lipinski definition) is 4. The third-order valence-electron chi connectivity index (χ3n) is 3.26. The molecule has 0 saturated carbocycles. The first-order valence-electron chi connectivity index (χ1n) is 7.49. The molecule has 0 atom stereocenters. The van der Waals surface area contributed by atoms with Crippen LogP contribution in [0.15, 0.2) is 35.7 Å². The zero-order valence-electron chi connectivity index (χ0n) is 13.6. The summed E-state index contributed by atoms with van der Waals surface area (Å²) < 4.78 is 0. The van der Waals surface area contributed by atoms with E-state index < -0.39 is 0 Å². The highest BCUT2D eigenvalue weighted by Crippen LogP contribution is 2.19. The van der Waals surface area contributed by atoms with E-state index in [1.165, 1.54) is 4.90 Å². The second-order valence-electron chi connectivity index (χ2n) is 5.67. The second-order valence-corrected chi connectivity index (χ2v) is 6.56. The fourth-order valence-corrected chi connectivity index (χ4v) is 2.82. The van der Waals surface area contributed by atoms with Crippen molar-refractivity contribution in [3.05, 3.63) is 46.4 Å². The van der Waals surface area contributed by atoms with Gasteiger partial charge < -0.3 is 10.2 Å². The van der Waals surface area contributed by atoms with Gasteiger partial charge in [-0.1, -0.05) is 32.0 Å². The van der Waals surface area contributed by atoms with E-state index in [1.54, 1.807) is 18.4 Å². The highest BCUT2D eigenvalue weighted by molar-refractivity contribution is 7.09. The van der Waals surface area contributed by atoms with Crippen molar-refractivity contribution < 1.29 is 9.59 Å². The largest absolute Gasteiger partial charge is 0.336 e. The van der Waals surface area contributed by atoms with Gasteiger partial charge in [0.05, 0.1) is 23.7 Å². The van der Waals surface area contributed by atoms with Crippen molar-refractivity contribution in [2.45, 2.75) is 26.2 Å². The highest BCUT2D eigenvalue weighted by atomic mass is 32.1. The first-order valence-corrected chi connectivity index (χ1v) is 8.37. The lowest BCUT2D eigenvalue weighted by Gasteiger charge is -2.16. The lowest BCUT2D eigenvalue weighted by atomic mass is 10.2.